The van der Waals surface area contributed by atoms with E-state index in [4.69, 9.17) is 4.42 Å². The van der Waals surface area contributed by atoms with E-state index in [1.54, 1.807) is 6.08 Å². The SMILES string of the molecule is CCNCc1ccccc1NC(=O)/C=C/c1ccc(C)o1.Cl. The Balaban J connectivity index is 0.00000242. The zero-order valence-electron chi connectivity index (χ0n) is 12.8. The average molecular weight is 321 g/mol. The van der Waals surface area contributed by atoms with E-state index in [0.717, 1.165) is 30.1 Å². The summed E-state index contributed by atoms with van der Waals surface area (Å²) >= 11 is 0. The lowest BCUT2D eigenvalue weighted by Gasteiger charge is -2.09. The fourth-order valence-electron chi connectivity index (χ4n) is 1.93. The monoisotopic (exact) mass is 320 g/mol. The lowest BCUT2D eigenvalue weighted by molar-refractivity contribution is -0.111. The third-order valence-electron chi connectivity index (χ3n) is 3.00. The number of halogens is 1. The second-order valence-corrected chi connectivity index (χ2v) is 4.71. The lowest BCUT2D eigenvalue weighted by Crippen LogP contribution is -2.15. The van der Waals surface area contributed by atoms with Gasteiger partial charge in [-0.15, -0.1) is 12.4 Å². The molecule has 1 amide bonds. The maximum absolute atomic E-state index is 12.0. The molecule has 0 spiro atoms. The number of para-hydroxylation sites is 1. The summed E-state index contributed by atoms with van der Waals surface area (Å²) in [6.45, 7) is 5.54. The van der Waals surface area contributed by atoms with Crippen molar-refractivity contribution in [3.05, 3.63) is 59.6 Å². The van der Waals surface area contributed by atoms with Crippen LogP contribution in [-0.2, 0) is 11.3 Å². The number of hydrogen-bond donors (Lipinski definition) is 2. The van der Waals surface area contributed by atoms with E-state index in [-0.39, 0.29) is 18.3 Å². The first-order valence-corrected chi connectivity index (χ1v) is 7.03. The van der Waals surface area contributed by atoms with E-state index in [1.165, 1.54) is 6.08 Å². The number of carbonyl (C=O) groups excluding carboxylic acids is 1. The van der Waals surface area contributed by atoms with E-state index < -0.39 is 0 Å². The van der Waals surface area contributed by atoms with Gasteiger partial charge in [-0.2, -0.15) is 0 Å². The third-order valence-corrected chi connectivity index (χ3v) is 3.00. The molecule has 0 atom stereocenters. The molecule has 0 saturated carbocycles. The number of rotatable bonds is 6. The Hall–Kier alpha value is -2.04. The number of amides is 1. The summed E-state index contributed by atoms with van der Waals surface area (Å²) in [5.41, 5.74) is 1.89. The number of carbonyl (C=O) groups is 1. The summed E-state index contributed by atoms with van der Waals surface area (Å²) in [6, 6.07) is 11.5. The standard InChI is InChI=1S/C17H20N2O2.ClH/c1-3-18-12-14-6-4-5-7-16(14)19-17(20)11-10-15-9-8-13(2)21-15;/h4-11,18H,3,12H2,1-2H3,(H,19,20);1H/b11-10+;. The molecule has 1 aromatic carbocycles. The van der Waals surface area contributed by atoms with E-state index >= 15 is 0 Å². The maximum atomic E-state index is 12.0. The number of nitrogens with one attached hydrogen (secondary N) is 2. The second kappa shape index (κ2) is 9.07. The largest absolute Gasteiger partial charge is 0.462 e. The van der Waals surface area contributed by atoms with Gasteiger partial charge in [-0.3, -0.25) is 4.79 Å². The van der Waals surface area contributed by atoms with Crippen LogP contribution < -0.4 is 10.6 Å². The number of hydrogen-bond acceptors (Lipinski definition) is 3. The first-order valence-electron chi connectivity index (χ1n) is 7.03. The van der Waals surface area contributed by atoms with Crippen molar-refractivity contribution in [1.29, 1.82) is 0 Å². The van der Waals surface area contributed by atoms with Crippen molar-refractivity contribution in [1.82, 2.24) is 5.32 Å². The molecule has 0 bridgehead atoms. The Morgan fingerprint density at radius 1 is 1.23 bits per heavy atom. The molecule has 5 heteroatoms. The van der Waals surface area contributed by atoms with E-state index in [1.807, 2.05) is 43.3 Å². The molecule has 0 aliphatic rings. The number of furan rings is 1. The van der Waals surface area contributed by atoms with Crippen LogP contribution in [0.3, 0.4) is 0 Å². The van der Waals surface area contributed by atoms with Gasteiger partial charge < -0.3 is 15.1 Å². The van der Waals surface area contributed by atoms with Gasteiger partial charge in [-0.05, 0) is 43.3 Å². The molecule has 0 unspecified atom stereocenters. The van der Waals surface area contributed by atoms with Crippen molar-refractivity contribution in [3.8, 4) is 0 Å². The molecule has 1 heterocycles. The van der Waals surface area contributed by atoms with Crippen LogP contribution in [0.4, 0.5) is 5.69 Å². The second-order valence-electron chi connectivity index (χ2n) is 4.71. The van der Waals surface area contributed by atoms with Gasteiger partial charge in [-0.25, -0.2) is 0 Å². The smallest absolute Gasteiger partial charge is 0.248 e. The molecular weight excluding hydrogens is 300 g/mol. The van der Waals surface area contributed by atoms with E-state index in [0.29, 0.717) is 5.76 Å². The van der Waals surface area contributed by atoms with E-state index in [9.17, 15) is 4.79 Å². The summed E-state index contributed by atoms with van der Waals surface area (Å²) in [5.74, 6) is 1.32. The Morgan fingerprint density at radius 3 is 2.68 bits per heavy atom. The average Bonchev–Trinajstić information content (AvgIpc) is 2.90. The highest BCUT2D eigenvalue weighted by Gasteiger charge is 2.04. The summed E-state index contributed by atoms with van der Waals surface area (Å²) in [5, 5.41) is 6.14. The fraction of sp³-hybridized carbons (Fsp3) is 0.235. The zero-order valence-corrected chi connectivity index (χ0v) is 13.6. The first kappa shape index (κ1) is 18.0. The van der Waals surface area contributed by atoms with Crippen molar-refractivity contribution in [2.45, 2.75) is 20.4 Å². The molecule has 0 aliphatic heterocycles. The zero-order chi connectivity index (χ0) is 15.1. The summed E-state index contributed by atoms with van der Waals surface area (Å²) in [6.07, 6.45) is 3.14. The van der Waals surface area contributed by atoms with Crippen LogP contribution in [0.2, 0.25) is 0 Å². The molecular formula is C17H21ClN2O2. The molecule has 2 rings (SSSR count). The van der Waals surface area contributed by atoms with Gasteiger partial charge in [-0.1, -0.05) is 25.1 Å². The Morgan fingerprint density at radius 2 is 2.00 bits per heavy atom. The van der Waals surface area contributed by atoms with Crippen LogP contribution in [-0.4, -0.2) is 12.5 Å². The van der Waals surface area contributed by atoms with Crippen LogP contribution in [0.5, 0.6) is 0 Å². The summed E-state index contributed by atoms with van der Waals surface area (Å²) < 4.78 is 5.38. The van der Waals surface area contributed by atoms with Gasteiger partial charge in [0.2, 0.25) is 5.91 Å². The summed E-state index contributed by atoms with van der Waals surface area (Å²) in [4.78, 5) is 12.0. The van der Waals surface area contributed by atoms with E-state index in [2.05, 4.69) is 17.6 Å². The molecule has 0 radical (unpaired) electrons. The van der Waals surface area contributed by atoms with Crippen LogP contribution in [0.1, 0.15) is 24.0 Å². The molecule has 22 heavy (non-hydrogen) atoms. The minimum Gasteiger partial charge on any atom is -0.462 e. The van der Waals surface area contributed by atoms with Gasteiger partial charge in [0.05, 0.1) is 0 Å². The van der Waals surface area contributed by atoms with Crippen molar-refractivity contribution in [3.63, 3.8) is 0 Å². The normalized spacial score (nSPS) is 10.5. The fourth-order valence-corrected chi connectivity index (χ4v) is 1.93. The van der Waals surface area contributed by atoms with Crippen LogP contribution in [0, 0.1) is 6.92 Å². The molecule has 0 fully saturated rings. The molecule has 1 aromatic heterocycles. The Kier molecular flexibility index (Phi) is 7.43. The van der Waals surface area contributed by atoms with Gasteiger partial charge in [0, 0.05) is 18.3 Å². The van der Waals surface area contributed by atoms with Gasteiger partial charge in [0.25, 0.3) is 0 Å². The van der Waals surface area contributed by atoms with Crippen molar-refractivity contribution >= 4 is 30.1 Å². The highest BCUT2D eigenvalue weighted by Crippen LogP contribution is 2.15. The molecule has 118 valence electrons. The highest BCUT2D eigenvalue weighted by atomic mass is 35.5. The number of benzene rings is 1. The maximum Gasteiger partial charge on any atom is 0.248 e. The van der Waals surface area contributed by atoms with Crippen molar-refractivity contribution in [2.75, 3.05) is 11.9 Å². The van der Waals surface area contributed by atoms with Crippen molar-refractivity contribution < 1.29 is 9.21 Å². The van der Waals surface area contributed by atoms with Gasteiger partial charge >= 0.3 is 0 Å². The Labute approximate surface area is 137 Å². The predicted octanol–water partition coefficient (Wildman–Crippen LogP) is 3.77. The third kappa shape index (κ3) is 5.39. The van der Waals surface area contributed by atoms with Crippen molar-refractivity contribution in [2.24, 2.45) is 0 Å². The minimum absolute atomic E-state index is 0. The molecule has 0 aliphatic carbocycles. The van der Waals surface area contributed by atoms with Crippen LogP contribution in [0.25, 0.3) is 6.08 Å². The molecule has 4 nitrogen and oxygen atoms in total. The lowest BCUT2D eigenvalue weighted by atomic mass is 10.1. The molecule has 2 N–H and O–H groups in total. The topological polar surface area (TPSA) is 54.3 Å². The quantitative estimate of drug-likeness (QED) is 0.797. The molecule has 0 saturated heterocycles. The minimum atomic E-state index is -0.173. The number of aryl methyl sites for hydroxylation is 1. The number of anilines is 1. The van der Waals surface area contributed by atoms with Gasteiger partial charge in [0.1, 0.15) is 11.5 Å². The summed E-state index contributed by atoms with van der Waals surface area (Å²) in [7, 11) is 0. The van der Waals surface area contributed by atoms with Crippen LogP contribution >= 0.6 is 12.4 Å². The molecule has 2 aromatic rings. The first-order chi connectivity index (χ1) is 10.2. The van der Waals surface area contributed by atoms with Gasteiger partial charge in [0.15, 0.2) is 0 Å². The highest BCUT2D eigenvalue weighted by molar-refractivity contribution is 6.02. The predicted molar refractivity (Wildman–Crippen MR) is 92.2 cm³/mol. The van der Waals surface area contributed by atoms with Crippen LogP contribution in [0.15, 0.2) is 46.9 Å². The Bertz CT molecular complexity index is 635.